The van der Waals surface area contributed by atoms with Crippen LogP contribution in [0.3, 0.4) is 0 Å². The summed E-state index contributed by atoms with van der Waals surface area (Å²) >= 11 is 0. The molecule has 2 N–H and O–H groups in total. The molecule has 1 amide bonds. The van der Waals surface area contributed by atoms with E-state index in [1.165, 1.54) is 0 Å². The molecule has 3 heterocycles. The maximum atomic E-state index is 13.0. The third-order valence-electron chi connectivity index (χ3n) is 7.17. The monoisotopic (exact) mass is 522 g/mol. The Labute approximate surface area is 218 Å². The Morgan fingerprint density at radius 3 is 2.08 bits per heavy atom. The van der Waals surface area contributed by atoms with Gasteiger partial charge in [0.1, 0.15) is 5.69 Å². The van der Waals surface area contributed by atoms with Gasteiger partial charge in [-0.15, -0.1) is 10.2 Å². The lowest BCUT2D eigenvalue weighted by atomic mass is 10.0. The average Bonchev–Trinajstić information content (AvgIpc) is 2.92. The van der Waals surface area contributed by atoms with Crippen LogP contribution in [0, 0.1) is 0 Å². The van der Waals surface area contributed by atoms with Gasteiger partial charge in [0.15, 0.2) is 5.82 Å². The Hall–Kier alpha value is -3.08. The van der Waals surface area contributed by atoms with Crippen molar-refractivity contribution < 1.29 is 13.2 Å². The lowest BCUT2D eigenvalue weighted by Gasteiger charge is -2.38. The summed E-state index contributed by atoms with van der Waals surface area (Å²) in [5.74, 6) is 0.729. The van der Waals surface area contributed by atoms with Gasteiger partial charge in [-0.3, -0.25) is 4.79 Å². The van der Waals surface area contributed by atoms with Crippen LogP contribution in [0.4, 0.5) is 5.82 Å². The number of rotatable bonds is 5. The Morgan fingerprint density at radius 1 is 0.838 bits per heavy atom. The molecule has 2 saturated heterocycles. The number of hydrogen-bond donors (Lipinski definition) is 1. The van der Waals surface area contributed by atoms with Crippen LogP contribution >= 0.6 is 0 Å². The van der Waals surface area contributed by atoms with Crippen molar-refractivity contribution in [3.8, 4) is 11.3 Å². The average molecular weight is 523 g/mol. The molecule has 0 aliphatic carbocycles. The number of hydrogen-bond acceptors (Lipinski definition) is 7. The van der Waals surface area contributed by atoms with Gasteiger partial charge in [-0.2, -0.15) is 4.31 Å². The lowest BCUT2D eigenvalue weighted by Crippen LogP contribution is -2.57. The van der Waals surface area contributed by atoms with E-state index in [0.717, 1.165) is 41.4 Å². The van der Waals surface area contributed by atoms with Gasteiger partial charge in [-0.05, 0) is 38.8 Å². The molecular formula is C27H34N6O3S. The van der Waals surface area contributed by atoms with E-state index in [-0.39, 0.29) is 5.91 Å². The fourth-order valence-corrected chi connectivity index (χ4v) is 6.62. The molecular weight excluding hydrogens is 488 g/mol. The molecule has 1 aromatic heterocycles. The second kappa shape index (κ2) is 10.00. The molecule has 0 saturated carbocycles. The first-order valence-corrected chi connectivity index (χ1v) is 14.3. The highest BCUT2D eigenvalue weighted by Gasteiger charge is 2.31. The molecule has 2 fully saturated rings. The van der Waals surface area contributed by atoms with Gasteiger partial charge < -0.3 is 15.5 Å². The topological polar surface area (TPSA) is 113 Å². The van der Waals surface area contributed by atoms with Gasteiger partial charge in [-0.25, -0.2) is 8.42 Å². The van der Waals surface area contributed by atoms with Gasteiger partial charge >= 0.3 is 0 Å². The van der Waals surface area contributed by atoms with E-state index in [1.807, 2.05) is 36.4 Å². The van der Waals surface area contributed by atoms with Crippen molar-refractivity contribution in [2.45, 2.75) is 43.5 Å². The van der Waals surface area contributed by atoms with Gasteiger partial charge in [-0.1, -0.05) is 42.8 Å². The summed E-state index contributed by atoms with van der Waals surface area (Å²) in [4.78, 5) is 16.8. The molecule has 10 heteroatoms. The molecule has 3 aromatic rings. The number of carbonyl (C=O) groups is 1. The number of amides is 1. The second-order valence-corrected chi connectivity index (χ2v) is 12.3. The largest absolute Gasteiger partial charge is 0.351 e. The molecule has 0 radical (unpaired) electrons. The summed E-state index contributed by atoms with van der Waals surface area (Å²) in [6, 6.07) is 14.9. The molecule has 2 aliphatic heterocycles. The van der Waals surface area contributed by atoms with Crippen molar-refractivity contribution in [1.82, 2.24) is 19.4 Å². The number of anilines is 1. The van der Waals surface area contributed by atoms with E-state index in [4.69, 9.17) is 5.73 Å². The Balaban J connectivity index is 1.40. The standard InChI is InChI=1S/C27H34N6O3S/c1-27(2,28)26(34)32-18-16-31(17-19-32)25-23-9-5-4-8-22(23)24(29-30-25)20-10-12-21(13-11-20)37(35,36)33-14-6-3-7-15-33/h4-5,8-13H,3,6-7,14-19,28H2,1-2H3. The number of sulfonamides is 1. The van der Waals surface area contributed by atoms with E-state index in [1.54, 1.807) is 35.2 Å². The molecule has 2 aliphatic rings. The van der Waals surface area contributed by atoms with Crippen LogP contribution in [-0.2, 0) is 14.8 Å². The van der Waals surface area contributed by atoms with Gasteiger partial charge in [0, 0.05) is 55.6 Å². The van der Waals surface area contributed by atoms with Crippen molar-refractivity contribution in [2.24, 2.45) is 5.73 Å². The van der Waals surface area contributed by atoms with Crippen LogP contribution in [-0.4, -0.2) is 78.5 Å². The first-order chi connectivity index (χ1) is 17.7. The normalized spacial score (nSPS) is 17.8. The fourth-order valence-electron chi connectivity index (χ4n) is 5.10. The van der Waals surface area contributed by atoms with Crippen molar-refractivity contribution in [2.75, 3.05) is 44.2 Å². The summed E-state index contributed by atoms with van der Waals surface area (Å²) in [7, 11) is -3.49. The number of aromatic nitrogens is 2. The van der Waals surface area contributed by atoms with E-state index < -0.39 is 15.6 Å². The second-order valence-electron chi connectivity index (χ2n) is 10.4. The van der Waals surface area contributed by atoms with Gasteiger partial charge in [0.2, 0.25) is 15.9 Å². The van der Waals surface area contributed by atoms with Crippen molar-refractivity contribution in [3.63, 3.8) is 0 Å². The number of carbonyl (C=O) groups excluding carboxylic acids is 1. The predicted molar refractivity (Wildman–Crippen MR) is 145 cm³/mol. The zero-order valence-electron chi connectivity index (χ0n) is 21.4. The Bertz CT molecular complexity index is 1390. The van der Waals surface area contributed by atoms with E-state index in [9.17, 15) is 13.2 Å². The maximum Gasteiger partial charge on any atom is 0.243 e. The minimum Gasteiger partial charge on any atom is -0.351 e. The molecule has 0 unspecified atom stereocenters. The van der Waals surface area contributed by atoms with Crippen LogP contribution in [0.2, 0.25) is 0 Å². The number of piperazine rings is 1. The number of piperidine rings is 1. The number of benzene rings is 2. The predicted octanol–water partition coefficient (Wildman–Crippen LogP) is 2.86. The van der Waals surface area contributed by atoms with Crippen LogP contribution in [0.25, 0.3) is 22.0 Å². The minimum atomic E-state index is -3.49. The summed E-state index contributed by atoms with van der Waals surface area (Å²) in [5, 5.41) is 11.1. The summed E-state index contributed by atoms with van der Waals surface area (Å²) in [6.07, 6.45) is 2.88. The summed E-state index contributed by atoms with van der Waals surface area (Å²) < 4.78 is 27.7. The summed E-state index contributed by atoms with van der Waals surface area (Å²) in [6.45, 7) is 7.05. The molecule has 5 rings (SSSR count). The van der Waals surface area contributed by atoms with Crippen molar-refractivity contribution in [1.29, 1.82) is 0 Å². The highest BCUT2D eigenvalue weighted by molar-refractivity contribution is 7.89. The van der Waals surface area contributed by atoms with Gasteiger partial charge in [0.25, 0.3) is 0 Å². The fraction of sp³-hybridized carbons (Fsp3) is 0.444. The molecule has 196 valence electrons. The number of nitrogens with zero attached hydrogens (tertiary/aromatic N) is 5. The first kappa shape index (κ1) is 25.6. The van der Waals surface area contributed by atoms with Crippen molar-refractivity contribution >= 4 is 32.5 Å². The zero-order chi connectivity index (χ0) is 26.2. The van der Waals surface area contributed by atoms with Crippen LogP contribution < -0.4 is 10.6 Å². The van der Waals surface area contributed by atoms with Crippen LogP contribution in [0.5, 0.6) is 0 Å². The molecule has 0 atom stereocenters. The quantitative estimate of drug-likeness (QED) is 0.548. The minimum absolute atomic E-state index is 0.0517. The maximum absolute atomic E-state index is 13.0. The van der Waals surface area contributed by atoms with E-state index >= 15 is 0 Å². The SMILES string of the molecule is CC(C)(N)C(=O)N1CCN(c2nnc(-c3ccc(S(=O)(=O)N4CCCCC4)cc3)c3ccccc23)CC1. The molecule has 0 bridgehead atoms. The Kier molecular flexibility index (Phi) is 6.91. The molecule has 0 spiro atoms. The molecule has 9 nitrogen and oxygen atoms in total. The Morgan fingerprint density at radius 2 is 1.46 bits per heavy atom. The summed E-state index contributed by atoms with van der Waals surface area (Å²) in [5.41, 5.74) is 6.64. The zero-order valence-corrected chi connectivity index (χ0v) is 22.2. The third-order valence-corrected chi connectivity index (χ3v) is 9.08. The highest BCUT2D eigenvalue weighted by Crippen LogP contribution is 2.32. The lowest BCUT2D eigenvalue weighted by molar-refractivity contribution is -0.136. The number of nitrogens with two attached hydrogens (primary N) is 1. The smallest absolute Gasteiger partial charge is 0.243 e. The van der Waals surface area contributed by atoms with Crippen LogP contribution in [0.1, 0.15) is 33.1 Å². The molecule has 37 heavy (non-hydrogen) atoms. The highest BCUT2D eigenvalue weighted by atomic mass is 32.2. The van der Waals surface area contributed by atoms with Gasteiger partial charge in [0.05, 0.1) is 10.4 Å². The van der Waals surface area contributed by atoms with Crippen LogP contribution in [0.15, 0.2) is 53.4 Å². The number of fused-ring (bicyclic) bond motifs is 1. The third kappa shape index (κ3) is 5.05. The van der Waals surface area contributed by atoms with Crippen molar-refractivity contribution in [3.05, 3.63) is 48.5 Å². The van der Waals surface area contributed by atoms with E-state index in [0.29, 0.717) is 49.9 Å². The van der Waals surface area contributed by atoms with E-state index in [2.05, 4.69) is 15.1 Å². The first-order valence-electron chi connectivity index (χ1n) is 12.9. The molecule has 2 aromatic carbocycles.